The summed E-state index contributed by atoms with van der Waals surface area (Å²) in [6.07, 6.45) is 1.38. The standard InChI is InChI=1S/C12H13BrFNO2/c1-3-17-12(16)6-8(2)15-9-4-5-10(13)11(14)7-9/h4-7,16H,3H2,1-2H3/b12-6+,15-8-. The topological polar surface area (TPSA) is 41.8 Å². The van der Waals surface area contributed by atoms with Gasteiger partial charge < -0.3 is 9.84 Å². The van der Waals surface area contributed by atoms with Crippen LogP contribution in [0, 0.1) is 5.82 Å². The van der Waals surface area contributed by atoms with Crippen LogP contribution < -0.4 is 0 Å². The summed E-state index contributed by atoms with van der Waals surface area (Å²) < 4.78 is 18.4. The van der Waals surface area contributed by atoms with Crippen molar-refractivity contribution in [3.05, 3.63) is 40.5 Å². The highest BCUT2D eigenvalue weighted by atomic mass is 79.9. The predicted octanol–water partition coefficient (Wildman–Crippen LogP) is 4.12. The Bertz CT molecular complexity index is 458. The van der Waals surface area contributed by atoms with E-state index in [1.807, 2.05) is 0 Å². The van der Waals surface area contributed by atoms with Crippen LogP contribution in [0.2, 0.25) is 0 Å². The molecule has 3 nitrogen and oxygen atoms in total. The summed E-state index contributed by atoms with van der Waals surface area (Å²) in [5, 5.41) is 9.27. The quantitative estimate of drug-likeness (QED) is 0.671. The number of allylic oxidation sites excluding steroid dienone is 1. The lowest BCUT2D eigenvalue weighted by atomic mass is 10.3. The summed E-state index contributed by atoms with van der Waals surface area (Å²) in [6.45, 7) is 3.83. The van der Waals surface area contributed by atoms with Gasteiger partial charge in [0.15, 0.2) is 0 Å². The summed E-state index contributed by atoms with van der Waals surface area (Å²) in [7, 11) is 0. The normalized spacial score (nSPS) is 12.7. The molecule has 0 saturated carbocycles. The van der Waals surface area contributed by atoms with Crippen molar-refractivity contribution in [1.29, 1.82) is 0 Å². The van der Waals surface area contributed by atoms with Crippen molar-refractivity contribution in [2.24, 2.45) is 4.99 Å². The van der Waals surface area contributed by atoms with Crippen LogP contribution in [-0.2, 0) is 4.74 Å². The third-order valence-corrected chi connectivity index (χ3v) is 2.48. The molecule has 0 bridgehead atoms. The van der Waals surface area contributed by atoms with Crippen LogP contribution in [0.5, 0.6) is 0 Å². The zero-order valence-corrected chi connectivity index (χ0v) is 11.2. The van der Waals surface area contributed by atoms with E-state index in [-0.39, 0.29) is 11.8 Å². The minimum Gasteiger partial charge on any atom is -0.481 e. The van der Waals surface area contributed by atoms with Gasteiger partial charge in [0, 0.05) is 17.9 Å². The van der Waals surface area contributed by atoms with Gasteiger partial charge in [0.25, 0.3) is 5.95 Å². The average Bonchev–Trinajstić information content (AvgIpc) is 2.23. The minimum atomic E-state index is -0.378. The van der Waals surface area contributed by atoms with E-state index in [0.717, 1.165) is 0 Å². The van der Waals surface area contributed by atoms with Crippen molar-refractivity contribution in [2.45, 2.75) is 13.8 Å². The smallest absolute Gasteiger partial charge is 0.278 e. The Kier molecular flexibility index (Phi) is 5.15. The van der Waals surface area contributed by atoms with E-state index in [1.165, 1.54) is 12.1 Å². The van der Waals surface area contributed by atoms with Gasteiger partial charge in [-0.15, -0.1) is 0 Å². The Morgan fingerprint density at radius 2 is 2.29 bits per heavy atom. The van der Waals surface area contributed by atoms with Crippen LogP contribution in [0.15, 0.2) is 39.7 Å². The number of ether oxygens (including phenoxy) is 1. The third kappa shape index (κ3) is 4.56. The van der Waals surface area contributed by atoms with E-state index < -0.39 is 0 Å². The molecule has 0 radical (unpaired) electrons. The monoisotopic (exact) mass is 301 g/mol. The fraction of sp³-hybridized carbons (Fsp3) is 0.250. The van der Waals surface area contributed by atoms with Gasteiger partial charge in [-0.3, -0.25) is 4.99 Å². The molecule has 0 atom stereocenters. The zero-order chi connectivity index (χ0) is 12.8. The Balaban J connectivity index is 2.87. The second-order valence-corrected chi connectivity index (χ2v) is 4.12. The Morgan fingerprint density at radius 1 is 1.59 bits per heavy atom. The molecule has 0 aliphatic carbocycles. The van der Waals surface area contributed by atoms with E-state index in [4.69, 9.17) is 4.74 Å². The average molecular weight is 302 g/mol. The van der Waals surface area contributed by atoms with Crippen molar-refractivity contribution in [3.63, 3.8) is 0 Å². The number of halogens is 2. The second kappa shape index (κ2) is 6.39. The molecular weight excluding hydrogens is 289 g/mol. The first-order valence-corrected chi connectivity index (χ1v) is 5.86. The van der Waals surface area contributed by atoms with Crippen molar-refractivity contribution < 1.29 is 14.2 Å². The van der Waals surface area contributed by atoms with E-state index in [1.54, 1.807) is 26.0 Å². The molecule has 0 unspecified atom stereocenters. The number of hydrogen-bond acceptors (Lipinski definition) is 3. The van der Waals surface area contributed by atoms with Gasteiger partial charge >= 0.3 is 0 Å². The van der Waals surface area contributed by atoms with Crippen molar-refractivity contribution >= 4 is 27.3 Å². The van der Waals surface area contributed by atoms with Crippen molar-refractivity contribution in [1.82, 2.24) is 0 Å². The van der Waals surface area contributed by atoms with Gasteiger partial charge in [0.1, 0.15) is 5.82 Å². The lowest BCUT2D eigenvalue weighted by Gasteiger charge is -2.01. The highest BCUT2D eigenvalue weighted by Crippen LogP contribution is 2.21. The molecule has 1 aromatic carbocycles. The first-order chi connectivity index (χ1) is 8.02. The van der Waals surface area contributed by atoms with Crippen LogP contribution in [-0.4, -0.2) is 17.4 Å². The Morgan fingerprint density at radius 3 is 2.88 bits per heavy atom. The molecule has 0 fully saturated rings. The lowest BCUT2D eigenvalue weighted by molar-refractivity contribution is 0.103. The summed E-state index contributed by atoms with van der Waals surface area (Å²) in [4.78, 5) is 4.12. The molecule has 0 aliphatic rings. The number of rotatable bonds is 4. The molecule has 5 heteroatoms. The molecule has 0 aliphatic heterocycles. The molecule has 0 aromatic heterocycles. The van der Waals surface area contributed by atoms with Crippen LogP contribution in [0.25, 0.3) is 0 Å². The summed E-state index contributed by atoms with van der Waals surface area (Å²) in [5.41, 5.74) is 1.00. The minimum absolute atomic E-state index is 0.202. The third-order valence-electron chi connectivity index (χ3n) is 1.83. The van der Waals surface area contributed by atoms with Crippen LogP contribution in [0.3, 0.4) is 0 Å². The van der Waals surface area contributed by atoms with Gasteiger partial charge in [0.2, 0.25) is 0 Å². The molecule has 0 saturated heterocycles. The van der Waals surface area contributed by atoms with Gasteiger partial charge in [-0.05, 0) is 41.9 Å². The lowest BCUT2D eigenvalue weighted by Crippen LogP contribution is -1.94. The molecule has 17 heavy (non-hydrogen) atoms. The van der Waals surface area contributed by atoms with E-state index in [2.05, 4.69) is 20.9 Å². The van der Waals surface area contributed by atoms with E-state index in [0.29, 0.717) is 22.5 Å². The fourth-order valence-electron chi connectivity index (χ4n) is 1.16. The second-order valence-electron chi connectivity index (χ2n) is 3.27. The molecule has 1 N–H and O–H groups in total. The van der Waals surface area contributed by atoms with E-state index >= 15 is 0 Å². The van der Waals surface area contributed by atoms with Crippen LogP contribution >= 0.6 is 15.9 Å². The highest BCUT2D eigenvalue weighted by molar-refractivity contribution is 9.10. The molecule has 0 heterocycles. The van der Waals surface area contributed by atoms with E-state index in [9.17, 15) is 9.50 Å². The zero-order valence-electron chi connectivity index (χ0n) is 9.58. The van der Waals surface area contributed by atoms with Crippen molar-refractivity contribution in [2.75, 3.05) is 6.61 Å². The summed E-state index contributed by atoms with van der Waals surface area (Å²) in [5.74, 6) is -0.580. The SMILES string of the molecule is CCO/C(O)=C/C(C)=N\c1ccc(Br)c(F)c1. The predicted molar refractivity (Wildman–Crippen MR) is 69.2 cm³/mol. The van der Waals surface area contributed by atoms with Gasteiger partial charge in [-0.25, -0.2) is 4.39 Å². The first-order valence-electron chi connectivity index (χ1n) is 5.06. The maximum atomic E-state index is 13.2. The number of hydrogen-bond donors (Lipinski definition) is 1. The molecule has 0 spiro atoms. The first kappa shape index (κ1) is 13.7. The molecular formula is C12H13BrFNO2. The van der Waals surface area contributed by atoms with Gasteiger partial charge in [-0.1, -0.05) is 0 Å². The number of benzene rings is 1. The number of aliphatic hydroxyl groups excluding tert-OH is 1. The van der Waals surface area contributed by atoms with Crippen LogP contribution in [0.1, 0.15) is 13.8 Å². The van der Waals surface area contributed by atoms with Crippen LogP contribution in [0.4, 0.5) is 10.1 Å². The molecule has 0 amide bonds. The Hall–Kier alpha value is -1.36. The summed E-state index contributed by atoms with van der Waals surface area (Å²) in [6, 6.07) is 4.55. The maximum Gasteiger partial charge on any atom is 0.278 e. The maximum absolute atomic E-state index is 13.2. The summed E-state index contributed by atoms with van der Waals surface area (Å²) >= 11 is 3.06. The van der Waals surface area contributed by atoms with Gasteiger partial charge in [0.05, 0.1) is 16.8 Å². The van der Waals surface area contributed by atoms with Gasteiger partial charge in [-0.2, -0.15) is 0 Å². The number of aliphatic imine (C=N–C) groups is 1. The largest absolute Gasteiger partial charge is 0.481 e. The number of aliphatic hydroxyl groups is 1. The molecule has 1 rings (SSSR count). The number of nitrogens with zero attached hydrogens (tertiary/aromatic N) is 1. The molecule has 92 valence electrons. The Labute approximate surface area is 108 Å². The fourth-order valence-corrected chi connectivity index (χ4v) is 1.41. The molecule has 1 aromatic rings. The van der Waals surface area contributed by atoms with Crippen molar-refractivity contribution in [3.8, 4) is 0 Å². The highest BCUT2D eigenvalue weighted by Gasteiger charge is 2.00.